The minimum atomic E-state index is 0.134. The number of hydrogen-bond donors (Lipinski definition) is 2. The fourth-order valence-corrected chi connectivity index (χ4v) is 3.75. The zero-order valence-corrected chi connectivity index (χ0v) is 13.1. The lowest BCUT2D eigenvalue weighted by molar-refractivity contribution is -0.121. The smallest absolute Gasteiger partial charge is 0.221 e. The van der Waals surface area contributed by atoms with Crippen molar-refractivity contribution < 1.29 is 4.79 Å². The topological polar surface area (TPSA) is 55.1 Å². The summed E-state index contributed by atoms with van der Waals surface area (Å²) < 4.78 is 0. The Kier molecular flexibility index (Phi) is 6.05. The second kappa shape index (κ2) is 7.79. The van der Waals surface area contributed by atoms with Crippen molar-refractivity contribution in [1.29, 1.82) is 0 Å². The minimum absolute atomic E-state index is 0.134. The standard InChI is InChI=1S/C15H21ClN2OS/c16-12-7-4-8-13(17)15(12)20-10-9-14(19)18-11-5-2-1-3-6-11/h4,7-8,11H,1-3,5-6,9-10,17H2,(H,18,19). The van der Waals surface area contributed by atoms with Crippen LogP contribution in [0.2, 0.25) is 5.02 Å². The van der Waals surface area contributed by atoms with Crippen LogP contribution >= 0.6 is 23.4 Å². The molecule has 0 bridgehead atoms. The molecule has 1 aliphatic carbocycles. The molecule has 1 fully saturated rings. The van der Waals surface area contributed by atoms with Gasteiger partial charge in [0.05, 0.1) is 5.02 Å². The maximum absolute atomic E-state index is 11.9. The van der Waals surface area contributed by atoms with Gasteiger partial charge < -0.3 is 11.1 Å². The van der Waals surface area contributed by atoms with Gasteiger partial charge in [-0.25, -0.2) is 0 Å². The number of anilines is 1. The van der Waals surface area contributed by atoms with Gasteiger partial charge in [0.2, 0.25) is 5.91 Å². The lowest BCUT2D eigenvalue weighted by atomic mass is 9.95. The van der Waals surface area contributed by atoms with E-state index in [1.807, 2.05) is 18.2 Å². The zero-order chi connectivity index (χ0) is 14.4. The van der Waals surface area contributed by atoms with E-state index in [0.717, 1.165) is 17.7 Å². The Morgan fingerprint density at radius 1 is 1.35 bits per heavy atom. The molecule has 3 N–H and O–H groups in total. The highest BCUT2D eigenvalue weighted by molar-refractivity contribution is 7.99. The molecule has 20 heavy (non-hydrogen) atoms. The van der Waals surface area contributed by atoms with Gasteiger partial charge >= 0.3 is 0 Å². The van der Waals surface area contributed by atoms with Crippen LogP contribution in [0, 0.1) is 0 Å². The van der Waals surface area contributed by atoms with E-state index in [1.54, 1.807) is 11.8 Å². The molecule has 0 unspecified atom stereocenters. The van der Waals surface area contributed by atoms with E-state index in [9.17, 15) is 4.79 Å². The van der Waals surface area contributed by atoms with Crippen molar-refractivity contribution in [3.63, 3.8) is 0 Å². The second-order valence-electron chi connectivity index (χ2n) is 5.16. The monoisotopic (exact) mass is 312 g/mol. The van der Waals surface area contributed by atoms with Crippen molar-refractivity contribution in [1.82, 2.24) is 5.32 Å². The Balaban J connectivity index is 1.73. The van der Waals surface area contributed by atoms with Gasteiger partial charge in [-0.15, -0.1) is 11.8 Å². The molecule has 2 rings (SSSR count). The van der Waals surface area contributed by atoms with Crippen LogP contribution in [-0.2, 0) is 4.79 Å². The Labute approximate surface area is 129 Å². The van der Waals surface area contributed by atoms with E-state index in [4.69, 9.17) is 17.3 Å². The van der Waals surface area contributed by atoms with E-state index in [-0.39, 0.29) is 5.91 Å². The summed E-state index contributed by atoms with van der Waals surface area (Å²) in [5, 5.41) is 3.77. The molecule has 0 aliphatic heterocycles. The molecule has 1 saturated carbocycles. The average molecular weight is 313 g/mol. The summed E-state index contributed by atoms with van der Waals surface area (Å²) in [5.41, 5.74) is 6.56. The van der Waals surface area contributed by atoms with Gasteiger partial charge in [0.15, 0.2) is 0 Å². The van der Waals surface area contributed by atoms with Gasteiger partial charge in [-0.05, 0) is 25.0 Å². The SMILES string of the molecule is Nc1cccc(Cl)c1SCCC(=O)NC1CCCCC1. The Morgan fingerprint density at radius 2 is 2.10 bits per heavy atom. The second-order valence-corrected chi connectivity index (χ2v) is 6.67. The number of carbonyl (C=O) groups is 1. The third kappa shape index (κ3) is 4.60. The molecular weight excluding hydrogens is 292 g/mol. The van der Waals surface area contributed by atoms with Crippen molar-refractivity contribution >= 4 is 35.0 Å². The van der Waals surface area contributed by atoms with Crippen LogP contribution in [0.5, 0.6) is 0 Å². The number of rotatable bonds is 5. The van der Waals surface area contributed by atoms with Crippen molar-refractivity contribution in [3.05, 3.63) is 23.2 Å². The third-order valence-corrected chi connectivity index (χ3v) is 5.12. The predicted molar refractivity (Wildman–Crippen MR) is 86.2 cm³/mol. The molecule has 110 valence electrons. The Morgan fingerprint density at radius 3 is 2.80 bits per heavy atom. The van der Waals surface area contributed by atoms with Crippen LogP contribution in [0.3, 0.4) is 0 Å². The first kappa shape index (κ1) is 15.5. The summed E-state index contributed by atoms with van der Waals surface area (Å²) in [4.78, 5) is 12.8. The van der Waals surface area contributed by atoms with Crippen LogP contribution in [0.25, 0.3) is 0 Å². The molecule has 5 heteroatoms. The van der Waals surface area contributed by atoms with Crippen molar-refractivity contribution in [2.45, 2.75) is 49.5 Å². The minimum Gasteiger partial charge on any atom is -0.398 e. The van der Waals surface area contributed by atoms with Gasteiger partial charge in [-0.1, -0.05) is 36.9 Å². The molecule has 0 heterocycles. The maximum Gasteiger partial charge on any atom is 0.221 e. The molecule has 0 aromatic heterocycles. The van der Waals surface area contributed by atoms with E-state index in [0.29, 0.717) is 28.9 Å². The summed E-state index contributed by atoms with van der Waals surface area (Å²) in [6.07, 6.45) is 6.51. The van der Waals surface area contributed by atoms with Gasteiger partial charge in [0, 0.05) is 28.8 Å². The fourth-order valence-electron chi connectivity index (χ4n) is 2.47. The number of benzene rings is 1. The highest BCUT2D eigenvalue weighted by atomic mass is 35.5. The van der Waals surface area contributed by atoms with Crippen molar-refractivity contribution in [2.24, 2.45) is 0 Å². The fraction of sp³-hybridized carbons (Fsp3) is 0.533. The van der Waals surface area contributed by atoms with Crippen LogP contribution in [0.15, 0.2) is 23.1 Å². The molecule has 0 saturated heterocycles. The molecule has 0 atom stereocenters. The summed E-state index contributed by atoms with van der Waals surface area (Å²) in [7, 11) is 0. The molecule has 0 radical (unpaired) electrons. The molecule has 3 nitrogen and oxygen atoms in total. The maximum atomic E-state index is 11.9. The van der Waals surface area contributed by atoms with Crippen molar-refractivity contribution in [2.75, 3.05) is 11.5 Å². The number of thioether (sulfide) groups is 1. The van der Waals surface area contributed by atoms with Crippen LogP contribution < -0.4 is 11.1 Å². The summed E-state index contributed by atoms with van der Waals surface area (Å²) in [5.74, 6) is 0.835. The first-order chi connectivity index (χ1) is 9.66. The number of hydrogen-bond acceptors (Lipinski definition) is 3. The number of nitrogen functional groups attached to an aromatic ring is 1. The summed E-state index contributed by atoms with van der Waals surface area (Å²) in [6.45, 7) is 0. The zero-order valence-electron chi connectivity index (χ0n) is 11.5. The molecular formula is C15H21ClN2OS. The van der Waals surface area contributed by atoms with Gasteiger partial charge in [0.25, 0.3) is 0 Å². The first-order valence-electron chi connectivity index (χ1n) is 7.13. The summed E-state index contributed by atoms with van der Waals surface area (Å²) in [6, 6.07) is 5.86. The van der Waals surface area contributed by atoms with E-state index in [2.05, 4.69) is 5.32 Å². The number of halogens is 1. The number of nitrogens with one attached hydrogen (secondary N) is 1. The lowest BCUT2D eigenvalue weighted by Crippen LogP contribution is -2.36. The van der Waals surface area contributed by atoms with Crippen LogP contribution in [-0.4, -0.2) is 17.7 Å². The Bertz CT molecular complexity index is 441. The Hall–Kier alpha value is -0.870. The average Bonchev–Trinajstić information content (AvgIpc) is 2.43. The molecule has 1 aromatic rings. The largest absolute Gasteiger partial charge is 0.398 e. The van der Waals surface area contributed by atoms with Crippen LogP contribution in [0.4, 0.5) is 5.69 Å². The quantitative estimate of drug-likeness (QED) is 0.641. The normalized spacial score (nSPS) is 16.1. The van der Waals surface area contributed by atoms with Gasteiger partial charge in [-0.3, -0.25) is 4.79 Å². The van der Waals surface area contributed by atoms with E-state index >= 15 is 0 Å². The third-order valence-electron chi connectivity index (χ3n) is 3.54. The summed E-state index contributed by atoms with van der Waals surface area (Å²) >= 11 is 7.65. The van der Waals surface area contributed by atoms with Gasteiger partial charge in [0.1, 0.15) is 0 Å². The number of amides is 1. The molecule has 1 aromatic carbocycles. The number of carbonyl (C=O) groups excluding carboxylic acids is 1. The molecule has 0 spiro atoms. The molecule has 1 amide bonds. The number of nitrogens with two attached hydrogens (primary N) is 1. The van der Waals surface area contributed by atoms with Crippen LogP contribution in [0.1, 0.15) is 38.5 Å². The predicted octanol–water partition coefficient (Wildman–Crippen LogP) is 3.85. The van der Waals surface area contributed by atoms with E-state index in [1.165, 1.54) is 19.3 Å². The van der Waals surface area contributed by atoms with E-state index < -0.39 is 0 Å². The van der Waals surface area contributed by atoms with Gasteiger partial charge in [-0.2, -0.15) is 0 Å². The van der Waals surface area contributed by atoms with Crippen molar-refractivity contribution in [3.8, 4) is 0 Å². The highest BCUT2D eigenvalue weighted by Gasteiger charge is 2.15. The highest BCUT2D eigenvalue weighted by Crippen LogP contribution is 2.32. The lowest BCUT2D eigenvalue weighted by Gasteiger charge is -2.22. The first-order valence-corrected chi connectivity index (χ1v) is 8.49. The molecule has 1 aliphatic rings.